The number of aliphatic hydroxyl groups is 1. The summed E-state index contributed by atoms with van der Waals surface area (Å²) >= 11 is 0. The van der Waals surface area contributed by atoms with Crippen LogP contribution < -0.4 is 54.8 Å². The molecule has 1 aliphatic carbocycles. The molecule has 1 saturated carbocycles. The van der Waals surface area contributed by atoms with E-state index in [1.54, 1.807) is 80.3 Å². The molecule has 6 aliphatic rings. The maximum absolute atomic E-state index is 14.5. The van der Waals surface area contributed by atoms with Crippen molar-refractivity contribution < 1.29 is 76.7 Å². The number of benzene rings is 6. The summed E-state index contributed by atoms with van der Waals surface area (Å²) in [4.78, 5) is 129. The molecule has 2 fully saturated rings. The van der Waals surface area contributed by atoms with E-state index < -0.39 is 73.1 Å². The summed E-state index contributed by atoms with van der Waals surface area (Å²) in [6.45, 7) is 5.08. The molecule has 0 radical (unpaired) electrons. The van der Waals surface area contributed by atoms with Gasteiger partial charge in [0, 0.05) is 60.8 Å². The summed E-state index contributed by atoms with van der Waals surface area (Å²) in [6.07, 6.45) is 5.75. The molecule has 1 spiro atoms. The van der Waals surface area contributed by atoms with Crippen LogP contribution in [0.4, 0.5) is 16.2 Å². The Morgan fingerprint density at radius 1 is 0.657 bits per heavy atom. The van der Waals surface area contributed by atoms with Gasteiger partial charge in [-0.05, 0) is 158 Å². The third-order valence-electron chi connectivity index (χ3n) is 20.4. The van der Waals surface area contributed by atoms with E-state index in [4.69, 9.17) is 28.4 Å². The normalized spacial score (nSPS) is 17.7. The van der Waals surface area contributed by atoms with E-state index >= 15 is 0 Å². The van der Waals surface area contributed by atoms with Gasteiger partial charge >= 0.3 is 6.09 Å². The van der Waals surface area contributed by atoms with Gasteiger partial charge in [-0.3, -0.25) is 38.4 Å². The minimum atomic E-state index is -1.46. The Kier molecular flexibility index (Phi) is 22.9. The fraction of sp³-hybridized carbons (Fsp3) is 0.395. The molecule has 0 bridgehead atoms. The minimum Gasteiger partial charge on any atom is -0.497 e. The number of nitrogens with zero attached hydrogens (tertiary/aromatic N) is 4. The minimum absolute atomic E-state index is 0.0366. The van der Waals surface area contributed by atoms with Crippen LogP contribution in [0.3, 0.4) is 0 Å². The molecule has 6 aromatic rings. The predicted molar refractivity (Wildman–Crippen MR) is 389 cm³/mol. The lowest BCUT2D eigenvalue weighted by Gasteiger charge is -2.31. The number of unbranched alkanes of at least 4 members (excludes halogenated alkanes) is 2. The molecule has 8 amide bonds. The topological polar surface area (TPSA) is 290 Å². The molecular weight excluding hydrogens is 1340 g/mol. The molecular formula is C81H88N8O16. The summed E-state index contributed by atoms with van der Waals surface area (Å²) in [6, 6.07) is 33.6. The number of Topliss-reactive ketones (excluding diaryl/α,β-unsaturated/α-hetero) is 1. The Labute approximate surface area is 610 Å². The highest BCUT2D eigenvalue weighted by Gasteiger charge is 2.58. The first kappa shape index (κ1) is 73.6. The number of aliphatic hydroxyl groups excluding tert-OH is 1. The maximum atomic E-state index is 14.5. The van der Waals surface area contributed by atoms with Crippen LogP contribution in [0.2, 0.25) is 0 Å². The largest absolute Gasteiger partial charge is 0.497 e. The standard InChI is InChI=1S/C81H88N8O16/c1-49(2)75(85-73(93)44-83-72(92)43-82-71(91)30-31-74(94)87-45-57-16-9-8-14-53(57)22-23-55-15-10-11-17-63(55)87)76(95)84-50(3)66(90)36-51-18-20-52(21-19-51)47-105-80(99)89-64-41-70(68(102-6)40-62(64)78(97)88-48-81(32-33-81)42-65(88)79(89)98)104-35-13-7-12-34-103-69-38-56-24-27-59-37-58(54-25-28-60(100-4)29-26-54)46-86(59)77(96)61(56)39-67(69)101-5/h8-11,14-21,25-26,28-29,38-41,46,49-50,59,65,75,79,98H,7,12-13,24,27,30-37,42-45,47-48H2,1-6H3,(H,82,91)(H,83,92)(H,84,95)(H,85,93)/t50-,59+,65-,75-,79?/m0/s1. The number of carbonyl (C=O) groups excluding carboxylic acids is 9. The van der Waals surface area contributed by atoms with E-state index in [0.29, 0.717) is 84.7 Å². The number of hydrogen-bond acceptors (Lipinski definition) is 16. The molecule has 1 unspecified atom stereocenters. The van der Waals surface area contributed by atoms with Gasteiger partial charge in [0.2, 0.25) is 29.5 Å². The summed E-state index contributed by atoms with van der Waals surface area (Å²) in [7, 11) is 4.66. The second kappa shape index (κ2) is 32.6. The molecule has 12 rings (SSSR count). The summed E-state index contributed by atoms with van der Waals surface area (Å²) in [5.74, 6) is 4.67. The molecule has 105 heavy (non-hydrogen) atoms. The van der Waals surface area contributed by atoms with Gasteiger partial charge in [0.1, 0.15) is 18.4 Å². The van der Waals surface area contributed by atoms with Crippen LogP contribution in [0.1, 0.15) is 145 Å². The SMILES string of the molecule is COc1ccc(C2=CN3C(=O)c4cc(OC)c(OCCCCCOc5cc6c(cc5OC)C(=O)N5CC7(CC7)C[C@H]5C(O)N6C(=O)OCc5ccc(CC(=O)[C@H](C)NC(=O)[C@@H](NC(=O)CNC(=O)CNC(=O)CCC(=O)N6Cc7ccccc7C#Cc7ccccc76)C(C)C)cc5)cc4CC[C@@H]3C2)cc1. The van der Waals surface area contributed by atoms with Gasteiger partial charge in [-0.1, -0.05) is 92.4 Å². The Morgan fingerprint density at radius 2 is 1.31 bits per heavy atom. The number of carbonyl (C=O) groups is 9. The van der Waals surface area contributed by atoms with E-state index in [1.807, 2.05) is 83.9 Å². The molecule has 5 heterocycles. The van der Waals surface area contributed by atoms with E-state index in [1.165, 1.54) is 20.1 Å². The van der Waals surface area contributed by atoms with Crippen molar-refractivity contribution in [1.82, 2.24) is 31.1 Å². The van der Waals surface area contributed by atoms with Crippen molar-refractivity contribution in [2.24, 2.45) is 11.3 Å². The Morgan fingerprint density at radius 3 is 2.02 bits per heavy atom. The maximum Gasteiger partial charge on any atom is 0.416 e. The van der Waals surface area contributed by atoms with Crippen LogP contribution in [0.5, 0.6) is 28.7 Å². The summed E-state index contributed by atoms with van der Waals surface area (Å²) in [5, 5.41) is 22.4. The zero-order valence-corrected chi connectivity index (χ0v) is 59.9. The molecule has 5 aliphatic heterocycles. The lowest BCUT2D eigenvalue weighted by Crippen LogP contribution is -2.54. The number of ether oxygens (including phenoxy) is 6. The monoisotopic (exact) mass is 1430 g/mol. The average Bonchev–Trinajstić information content (AvgIpc) is 1.57. The molecule has 24 nitrogen and oxygen atoms in total. The molecule has 6 aromatic carbocycles. The molecule has 24 heteroatoms. The third-order valence-corrected chi connectivity index (χ3v) is 20.4. The fourth-order valence-corrected chi connectivity index (χ4v) is 14.2. The van der Waals surface area contributed by atoms with Crippen LogP contribution >= 0.6 is 0 Å². The highest BCUT2D eigenvalue weighted by molar-refractivity contribution is 6.06. The Hall–Kier alpha value is -11.2. The van der Waals surface area contributed by atoms with Gasteiger partial charge < -0.3 is 69.5 Å². The summed E-state index contributed by atoms with van der Waals surface area (Å²) < 4.78 is 35.4. The summed E-state index contributed by atoms with van der Waals surface area (Å²) in [5.41, 5.74) is 7.93. The first-order chi connectivity index (χ1) is 50.7. The highest BCUT2D eigenvalue weighted by Crippen LogP contribution is 2.57. The predicted octanol–water partition coefficient (Wildman–Crippen LogP) is 8.73. The lowest BCUT2D eigenvalue weighted by atomic mass is 9.97. The van der Waals surface area contributed by atoms with E-state index in [9.17, 15) is 48.3 Å². The first-order valence-electron chi connectivity index (χ1n) is 35.7. The molecule has 0 aromatic heterocycles. The van der Waals surface area contributed by atoms with E-state index in [0.717, 1.165) is 64.2 Å². The lowest BCUT2D eigenvalue weighted by molar-refractivity contribution is -0.132. The second-order valence-electron chi connectivity index (χ2n) is 27.9. The van der Waals surface area contributed by atoms with Crippen LogP contribution in [-0.2, 0) is 59.5 Å². The number of aryl methyl sites for hydroxylation is 1. The Bertz CT molecular complexity index is 4420. The number of hydrogen-bond donors (Lipinski definition) is 5. The second-order valence-corrected chi connectivity index (χ2v) is 27.9. The van der Waals surface area contributed by atoms with Gasteiger partial charge in [-0.15, -0.1) is 0 Å². The Balaban J connectivity index is 0.591. The van der Waals surface area contributed by atoms with Crippen molar-refractivity contribution in [3.63, 3.8) is 0 Å². The third kappa shape index (κ3) is 17.1. The molecule has 5 N–H and O–H groups in total. The molecule has 5 atom stereocenters. The highest BCUT2D eigenvalue weighted by atomic mass is 16.6. The number of anilines is 2. The van der Waals surface area contributed by atoms with E-state index in [-0.39, 0.29) is 96.7 Å². The van der Waals surface area contributed by atoms with Crippen molar-refractivity contribution in [1.29, 1.82) is 0 Å². The van der Waals surface area contributed by atoms with Crippen molar-refractivity contribution in [2.45, 2.75) is 141 Å². The number of ketones is 1. The average molecular weight is 1430 g/mol. The fourth-order valence-electron chi connectivity index (χ4n) is 14.2. The zero-order chi connectivity index (χ0) is 74.1. The number of methoxy groups -OCH3 is 3. The molecule has 1 saturated heterocycles. The number of rotatable bonds is 28. The van der Waals surface area contributed by atoms with Crippen LogP contribution in [-0.4, -0.2) is 153 Å². The van der Waals surface area contributed by atoms with Crippen molar-refractivity contribution in [3.05, 3.63) is 178 Å². The van der Waals surface area contributed by atoms with E-state index in [2.05, 4.69) is 33.1 Å². The van der Waals surface area contributed by atoms with Crippen molar-refractivity contribution in [2.75, 3.05) is 64.0 Å². The van der Waals surface area contributed by atoms with Crippen molar-refractivity contribution >= 4 is 70.2 Å². The zero-order valence-electron chi connectivity index (χ0n) is 59.9. The van der Waals surface area contributed by atoms with Crippen LogP contribution in [0.25, 0.3) is 5.57 Å². The number of fused-ring (bicyclic) bond motifs is 6. The number of para-hydroxylation sites is 1. The van der Waals surface area contributed by atoms with Gasteiger partial charge in [0.05, 0.1) is 83.2 Å². The molecule has 548 valence electrons. The smallest absolute Gasteiger partial charge is 0.416 e. The van der Waals surface area contributed by atoms with Gasteiger partial charge in [-0.2, -0.15) is 0 Å². The van der Waals surface area contributed by atoms with Gasteiger partial charge in [0.15, 0.2) is 35.0 Å². The number of amides is 8. The van der Waals surface area contributed by atoms with Crippen LogP contribution in [0, 0.1) is 23.2 Å². The quantitative estimate of drug-likeness (QED) is 0.0227. The van der Waals surface area contributed by atoms with Gasteiger partial charge in [0.25, 0.3) is 11.8 Å². The van der Waals surface area contributed by atoms with Crippen molar-refractivity contribution in [3.8, 4) is 40.6 Å². The number of nitrogens with one attached hydrogen (secondary N) is 4. The van der Waals surface area contributed by atoms with Gasteiger partial charge in [-0.25, -0.2) is 9.69 Å². The first-order valence-corrected chi connectivity index (χ1v) is 35.7. The van der Waals surface area contributed by atoms with Crippen LogP contribution in [0.15, 0.2) is 128 Å².